The number of carbonyl (C=O) groups excluding carboxylic acids is 2. The summed E-state index contributed by atoms with van der Waals surface area (Å²) in [6.07, 6.45) is 6.28. The van der Waals surface area contributed by atoms with Crippen molar-refractivity contribution in [1.82, 2.24) is 0 Å². The first-order valence-electron chi connectivity index (χ1n) is 7.21. The minimum atomic E-state index is -0.732. The average Bonchev–Trinajstić information content (AvgIpc) is 2.99. The van der Waals surface area contributed by atoms with Crippen LogP contribution in [0.1, 0.15) is 0 Å². The van der Waals surface area contributed by atoms with Crippen molar-refractivity contribution < 1.29 is 28.5 Å². The van der Waals surface area contributed by atoms with Crippen molar-refractivity contribution in [3.63, 3.8) is 0 Å². The monoisotopic (exact) mass is 363 g/mol. The van der Waals surface area contributed by atoms with Crippen LogP contribution < -0.4 is 14.4 Å². The van der Waals surface area contributed by atoms with E-state index in [1.165, 1.54) is 25.2 Å². The molecule has 0 saturated heterocycles. The Hall–Kier alpha value is -2.93. The van der Waals surface area contributed by atoms with Gasteiger partial charge in [-0.2, -0.15) is 0 Å². The van der Waals surface area contributed by atoms with E-state index in [1.807, 2.05) is 0 Å². The predicted octanol–water partition coefficient (Wildman–Crippen LogP) is 2.56. The van der Waals surface area contributed by atoms with Gasteiger partial charge >= 0.3 is 11.9 Å². The van der Waals surface area contributed by atoms with Gasteiger partial charge in [-0.1, -0.05) is 17.7 Å². The highest BCUT2D eigenvalue weighted by Gasteiger charge is 2.32. The molecule has 25 heavy (non-hydrogen) atoms. The molecule has 2 aliphatic heterocycles. The molecule has 0 saturated carbocycles. The molecule has 0 N–H and O–H groups in total. The van der Waals surface area contributed by atoms with E-state index in [-0.39, 0.29) is 18.1 Å². The number of anilines is 1. The predicted molar refractivity (Wildman–Crippen MR) is 89.4 cm³/mol. The van der Waals surface area contributed by atoms with E-state index in [1.54, 1.807) is 30.5 Å². The van der Waals surface area contributed by atoms with Gasteiger partial charge in [0.25, 0.3) is 0 Å². The molecule has 0 bridgehead atoms. The SMILES string of the molecule is COC(=O)C1=C(C(=O)OC)N(c2c(Cl)ccc3c2OCO3)C=CC=C1. The molecule has 1 aromatic rings. The smallest absolute Gasteiger partial charge is 0.355 e. The molecular weight excluding hydrogens is 350 g/mol. The van der Waals surface area contributed by atoms with Crippen LogP contribution in [0.3, 0.4) is 0 Å². The van der Waals surface area contributed by atoms with Crippen molar-refractivity contribution in [3.8, 4) is 11.5 Å². The highest BCUT2D eigenvalue weighted by Crippen LogP contribution is 2.47. The van der Waals surface area contributed by atoms with Crippen LogP contribution in [0, 0.1) is 0 Å². The van der Waals surface area contributed by atoms with Crippen LogP contribution >= 0.6 is 11.6 Å². The van der Waals surface area contributed by atoms with Crippen LogP contribution in [0.2, 0.25) is 5.02 Å². The molecule has 0 fully saturated rings. The Balaban J connectivity index is 2.25. The van der Waals surface area contributed by atoms with Gasteiger partial charge in [0.05, 0.1) is 24.8 Å². The van der Waals surface area contributed by atoms with Crippen LogP contribution in [-0.4, -0.2) is 33.0 Å². The molecule has 0 unspecified atom stereocenters. The number of halogens is 1. The minimum Gasteiger partial charge on any atom is -0.465 e. The minimum absolute atomic E-state index is 0.0203. The third-order valence-corrected chi connectivity index (χ3v) is 3.90. The van der Waals surface area contributed by atoms with Gasteiger partial charge < -0.3 is 23.8 Å². The van der Waals surface area contributed by atoms with E-state index in [4.69, 9.17) is 30.5 Å². The number of methoxy groups -OCH3 is 2. The highest BCUT2D eigenvalue weighted by atomic mass is 35.5. The van der Waals surface area contributed by atoms with E-state index in [9.17, 15) is 9.59 Å². The maximum atomic E-state index is 12.4. The van der Waals surface area contributed by atoms with Crippen LogP contribution in [0.25, 0.3) is 0 Å². The van der Waals surface area contributed by atoms with Gasteiger partial charge in [0.1, 0.15) is 11.4 Å². The Morgan fingerprint density at radius 3 is 2.60 bits per heavy atom. The second-order valence-corrected chi connectivity index (χ2v) is 5.35. The fraction of sp³-hybridized carbons (Fsp3) is 0.176. The highest BCUT2D eigenvalue weighted by molar-refractivity contribution is 6.34. The number of ether oxygens (including phenoxy) is 4. The second kappa shape index (κ2) is 6.90. The van der Waals surface area contributed by atoms with E-state index in [2.05, 4.69) is 0 Å². The first kappa shape index (κ1) is 16.9. The average molecular weight is 364 g/mol. The van der Waals surface area contributed by atoms with E-state index in [0.29, 0.717) is 22.2 Å². The number of esters is 2. The summed E-state index contributed by atoms with van der Waals surface area (Å²) in [5, 5.41) is 0.307. The fourth-order valence-electron chi connectivity index (χ4n) is 2.49. The fourth-order valence-corrected chi connectivity index (χ4v) is 2.73. The lowest BCUT2D eigenvalue weighted by atomic mass is 10.1. The lowest BCUT2D eigenvalue weighted by molar-refractivity contribution is -0.139. The summed E-state index contributed by atoms with van der Waals surface area (Å²) in [4.78, 5) is 26.0. The lowest BCUT2D eigenvalue weighted by Crippen LogP contribution is -2.27. The lowest BCUT2D eigenvalue weighted by Gasteiger charge is -2.24. The Labute approximate surface area is 148 Å². The number of hydrogen-bond donors (Lipinski definition) is 0. The van der Waals surface area contributed by atoms with Gasteiger partial charge in [0, 0.05) is 6.20 Å². The summed E-state index contributed by atoms with van der Waals surface area (Å²) in [7, 11) is 2.45. The zero-order valence-electron chi connectivity index (χ0n) is 13.4. The molecule has 0 aromatic heterocycles. The van der Waals surface area contributed by atoms with Gasteiger partial charge in [0.15, 0.2) is 11.5 Å². The number of carbonyl (C=O) groups is 2. The molecule has 1 aromatic carbocycles. The summed E-state index contributed by atoms with van der Waals surface area (Å²) in [6, 6.07) is 3.28. The number of rotatable bonds is 3. The number of hydrogen-bond acceptors (Lipinski definition) is 7. The molecule has 0 atom stereocenters. The van der Waals surface area contributed by atoms with E-state index in [0.717, 1.165) is 0 Å². The van der Waals surface area contributed by atoms with Gasteiger partial charge in [-0.05, 0) is 24.3 Å². The molecule has 0 radical (unpaired) electrons. The summed E-state index contributed by atoms with van der Waals surface area (Å²) in [5.41, 5.74) is 0.329. The first-order valence-corrected chi connectivity index (χ1v) is 7.59. The Kier molecular flexibility index (Phi) is 4.67. The first-order chi connectivity index (χ1) is 12.1. The van der Waals surface area contributed by atoms with E-state index < -0.39 is 11.9 Å². The van der Waals surface area contributed by atoms with Crippen LogP contribution in [0.4, 0.5) is 5.69 Å². The molecule has 0 spiro atoms. The van der Waals surface area contributed by atoms with Gasteiger partial charge in [-0.15, -0.1) is 0 Å². The quantitative estimate of drug-likeness (QED) is 0.764. The van der Waals surface area contributed by atoms with Crippen molar-refractivity contribution in [2.24, 2.45) is 0 Å². The second-order valence-electron chi connectivity index (χ2n) is 4.95. The molecule has 0 amide bonds. The molecule has 7 nitrogen and oxygen atoms in total. The number of nitrogens with zero attached hydrogens (tertiary/aromatic N) is 1. The summed E-state index contributed by atoms with van der Waals surface area (Å²) in [5.74, 6) is -0.575. The third kappa shape index (κ3) is 2.94. The summed E-state index contributed by atoms with van der Waals surface area (Å²) in [6.45, 7) is 0.0274. The third-order valence-electron chi connectivity index (χ3n) is 3.59. The zero-order valence-corrected chi connectivity index (χ0v) is 14.2. The summed E-state index contributed by atoms with van der Waals surface area (Å²) >= 11 is 6.35. The number of benzene rings is 1. The maximum absolute atomic E-state index is 12.4. The molecular formula is C17H14ClNO6. The van der Waals surface area contributed by atoms with Gasteiger partial charge in [-0.25, -0.2) is 9.59 Å². The van der Waals surface area contributed by atoms with Gasteiger partial charge in [-0.3, -0.25) is 0 Å². The van der Waals surface area contributed by atoms with Crippen LogP contribution in [0.5, 0.6) is 11.5 Å². The number of fused-ring (bicyclic) bond motifs is 1. The molecule has 3 rings (SSSR count). The summed E-state index contributed by atoms with van der Waals surface area (Å²) < 4.78 is 20.5. The Morgan fingerprint density at radius 1 is 1.12 bits per heavy atom. The maximum Gasteiger partial charge on any atom is 0.355 e. The normalized spacial score (nSPS) is 15.2. The Bertz CT molecular complexity index is 827. The van der Waals surface area contributed by atoms with Crippen molar-refractivity contribution in [2.75, 3.05) is 25.9 Å². The largest absolute Gasteiger partial charge is 0.465 e. The van der Waals surface area contributed by atoms with Crippen molar-refractivity contribution in [1.29, 1.82) is 0 Å². The topological polar surface area (TPSA) is 74.3 Å². The van der Waals surface area contributed by atoms with E-state index >= 15 is 0 Å². The molecule has 0 aliphatic carbocycles. The molecule has 2 aliphatic rings. The van der Waals surface area contributed by atoms with Crippen LogP contribution in [0.15, 0.2) is 47.8 Å². The molecule has 130 valence electrons. The Morgan fingerprint density at radius 2 is 1.88 bits per heavy atom. The van der Waals surface area contributed by atoms with Gasteiger partial charge in [0.2, 0.25) is 6.79 Å². The van der Waals surface area contributed by atoms with Crippen molar-refractivity contribution in [2.45, 2.75) is 0 Å². The zero-order chi connectivity index (χ0) is 18.0. The number of allylic oxidation sites excluding steroid dienone is 2. The molecule has 8 heteroatoms. The molecule has 2 heterocycles. The van der Waals surface area contributed by atoms with Crippen LogP contribution in [-0.2, 0) is 19.1 Å². The van der Waals surface area contributed by atoms with Crippen molar-refractivity contribution >= 4 is 29.2 Å². The standard InChI is InChI=1S/C17H14ClNO6/c1-22-16(20)10-5-3-4-8-19(13(10)17(21)23-2)14-11(18)6-7-12-15(14)25-9-24-12/h3-8H,9H2,1-2H3. The van der Waals surface area contributed by atoms with Crippen molar-refractivity contribution in [3.05, 3.63) is 52.9 Å².